The van der Waals surface area contributed by atoms with E-state index in [-0.39, 0.29) is 0 Å². The molecule has 0 bridgehead atoms. The Hall–Kier alpha value is -0.0900. The molecule has 1 aromatic rings. The first kappa shape index (κ1) is 15.0. The van der Waals surface area contributed by atoms with E-state index in [0.717, 1.165) is 6.54 Å². The van der Waals surface area contributed by atoms with E-state index in [2.05, 4.69) is 73.8 Å². The van der Waals surface area contributed by atoms with Crippen LogP contribution in [0.3, 0.4) is 0 Å². The zero-order valence-electron chi connectivity index (χ0n) is 11.4. The third kappa shape index (κ3) is 3.95. The van der Waals surface area contributed by atoms with E-state index in [1.807, 2.05) is 0 Å². The van der Waals surface area contributed by atoms with Crippen LogP contribution in [0.15, 0.2) is 18.2 Å². The van der Waals surface area contributed by atoms with Crippen molar-refractivity contribution in [2.75, 3.05) is 6.54 Å². The molecular weight excluding hydrogens is 321 g/mol. The molecule has 2 atom stereocenters. The summed E-state index contributed by atoms with van der Waals surface area (Å²) in [5.41, 5.74) is 2.85. The average molecular weight is 345 g/mol. The maximum absolute atomic E-state index is 3.65. The van der Waals surface area contributed by atoms with Gasteiger partial charge in [-0.3, -0.25) is 0 Å². The molecule has 0 aromatic heterocycles. The summed E-state index contributed by atoms with van der Waals surface area (Å²) in [6.07, 6.45) is 2.53. The maximum Gasteiger partial charge on any atom is 0.0356 e. The quantitative estimate of drug-likeness (QED) is 0.738. The number of rotatable bonds is 6. The second-order valence-corrected chi connectivity index (χ2v) is 5.86. The molecule has 0 saturated heterocycles. The molecule has 1 nitrogen and oxygen atoms in total. The molecule has 0 aliphatic rings. The van der Waals surface area contributed by atoms with Gasteiger partial charge in [0.1, 0.15) is 0 Å². The highest BCUT2D eigenvalue weighted by Gasteiger charge is 2.20. The van der Waals surface area contributed by atoms with E-state index in [4.69, 9.17) is 0 Å². The van der Waals surface area contributed by atoms with Gasteiger partial charge in [0, 0.05) is 9.61 Å². The van der Waals surface area contributed by atoms with Crippen LogP contribution in [-0.4, -0.2) is 6.54 Å². The molecule has 17 heavy (non-hydrogen) atoms. The van der Waals surface area contributed by atoms with Crippen LogP contribution in [0.25, 0.3) is 0 Å². The van der Waals surface area contributed by atoms with Crippen molar-refractivity contribution < 1.29 is 0 Å². The smallest absolute Gasteiger partial charge is 0.0356 e. The number of nitrogens with one attached hydrogen (secondary N) is 1. The van der Waals surface area contributed by atoms with Crippen LogP contribution in [-0.2, 0) is 0 Å². The van der Waals surface area contributed by atoms with Gasteiger partial charge in [0.25, 0.3) is 0 Å². The highest BCUT2D eigenvalue weighted by molar-refractivity contribution is 14.1. The molecule has 96 valence electrons. The predicted molar refractivity (Wildman–Crippen MR) is 84.4 cm³/mol. The summed E-state index contributed by atoms with van der Waals surface area (Å²) >= 11 is 2.48. The third-order valence-electron chi connectivity index (χ3n) is 3.29. The van der Waals surface area contributed by atoms with Crippen LogP contribution in [0.4, 0.5) is 0 Å². The van der Waals surface area contributed by atoms with Crippen molar-refractivity contribution in [3.8, 4) is 0 Å². The second-order valence-electron chi connectivity index (χ2n) is 4.78. The Morgan fingerprint density at radius 1 is 1.29 bits per heavy atom. The Bertz CT molecular complexity index is 349. The average Bonchev–Trinajstić information content (AvgIpc) is 2.30. The highest BCUT2D eigenvalue weighted by atomic mass is 127. The minimum absolute atomic E-state index is 0.492. The zero-order chi connectivity index (χ0) is 12.8. The fraction of sp³-hybridized carbons (Fsp3) is 0.600. The van der Waals surface area contributed by atoms with Gasteiger partial charge in [0.05, 0.1) is 0 Å². The van der Waals surface area contributed by atoms with E-state index in [1.165, 1.54) is 27.5 Å². The SMILES string of the molecule is CCCC(C)C(NCC)c1cccc(C)c1I. The lowest BCUT2D eigenvalue weighted by Crippen LogP contribution is -2.27. The van der Waals surface area contributed by atoms with Gasteiger partial charge in [0.15, 0.2) is 0 Å². The summed E-state index contributed by atoms with van der Waals surface area (Å²) in [6, 6.07) is 7.13. The molecular formula is C15H24IN. The first-order chi connectivity index (χ1) is 8.11. The van der Waals surface area contributed by atoms with Crippen LogP contribution < -0.4 is 5.32 Å². The van der Waals surface area contributed by atoms with Crippen molar-refractivity contribution in [1.29, 1.82) is 0 Å². The highest BCUT2D eigenvalue weighted by Crippen LogP contribution is 2.30. The van der Waals surface area contributed by atoms with Crippen LogP contribution in [0.2, 0.25) is 0 Å². The number of halogens is 1. The summed E-state index contributed by atoms with van der Waals surface area (Å²) < 4.78 is 1.42. The van der Waals surface area contributed by atoms with Gasteiger partial charge in [0.2, 0.25) is 0 Å². The van der Waals surface area contributed by atoms with Gasteiger partial charge in [-0.2, -0.15) is 0 Å². The molecule has 2 unspecified atom stereocenters. The lowest BCUT2D eigenvalue weighted by atomic mass is 9.90. The summed E-state index contributed by atoms with van der Waals surface area (Å²) in [6.45, 7) is 10.0. The zero-order valence-corrected chi connectivity index (χ0v) is 13.5. The molecule has 2 heteroatoms. The van der Waals surface area contributed by atoms with E-state index < -0.39 is 0 Å². The molecule has 0 saturated carbocycles. The summed E-state index contributed by atoms with van der Waals surface area (Å²) in [5, 5.41) is 3.65. The third-order valence-corrected chi connectivity index (χ3v) is 4.77. The van der Waals surface area contributed by atoms with Crippen molar-refractivity contribution >= 4 is 22.6 Å². The van der Waals surface area contributed by atoms with Crippen molar-refractivity contribution in [2.45, 2.75) is 46.6 Å². The summed E-state index contributed by atoms with van der Waals surface area (Å²) in [5.74, 6) is 0.690. The molecule has 0 spiro atoms. The molecule has 1 N–H and O–H groups in total. The lowest BCUT2D eigenvalue weighted by molar-refractivity contribution is 0.368. The molecule has 0 aliphatic carbocycles. The Balaban J connectivity index is 3.00. The Morgan fingerprint density at radius 3 is 2.59 bits per heavy atom. The minimum Gasteiger partial charge on any atom is -0.310 e. The van der Waals surface area contributed by atoms with Crippen LogP contribution in [0.1, 0.15) is 50.8 Å². The first-order valence-electron chi connectivity index (χ1n) is 6.60. The molecule has 0 fully saturated rings. The van der Waals surface area contributed by atoms with E-state index in [9.17, 15) is 0 Å². The largest absolute Gasteiger partial charge is 0.310 e. The summed E-state index contributed by atoms with van der Waals surface area (Å²) in [7, 11) is 0. The first-order valence-corrected chi connectivity index (χ1v) is 7.68. The van der Waals surface area contributed by atoms with Gasteiger partial charge < -0.3 is 5.32 Å². The molecule has 1 aromatic carbocycles. The van der Waals surface area contributed by atoms with Gasteiger partial charge in [-0.1, -0.05) is 45.4 Å². The standard InChI is InChI=1S/C15H24IN/c1-5-8-12(4)15(17-6-2)13-10-7-9-11(3)14(13)16/h7,9-10,12,15,17H,5-6,8H2,1-4H3. The normalized spacial score (nSPS) is 14.6. The van der Waals surface area contributed by atoms with Crippen LogP contribution in [0, 0.1) is 16.4 Å². The number of hydrogen-bond donors (Lipinski definition) is 1. The number of hydrogen-bond acceptors (Lipinski definition) is 1. The number of aryl methyl sites for hydroxylation is 1. The Labute approximate surface area is 120 Å². The predicted octanol–water partition coefficient (Wildman–Crippen LogP) is 4.69. The minimum atomic E-state index is 0.492. The molecule has 0 aliphatic heterocycles. The van der Waals surface area contributed by atoms with Gasteiger partial charge in [-0.15, -0.1) is 0 Å². The van der Waals surface area contributed by atoms with E-state index in [0.29, 0.717) is 12.0 Å². The monoisotopic (exact) mass is 345 g/mol. The Kier molecular flexibility index (Phi) is 6.49. The fourth-order valence-electron chi connectivity index (χ4n) is 2.37. The van der Waals surface area contributed by atoms with Crippen molar-refractivity contribution in [3.63, 3.8) is 0 Å². The molecule has 0 radical (unpaired) electrons. The summed E-state index contributed by atoms with van der Waals surface area (Å²) in [4.78, 5) is 0. The van der Waals surface area contributed by atoms with E-state index >= 15 is 0 Å². The second kappa shape index (κ2) is 7.37. The van der Waals surface area contributed by atoms with Gasteiger partial charge in [-0.25, -0.2) is 0 Å². The van der Waals surface area contributed by atoms with E-state index in [1.54, 1.807) is 0 Å². The number of benzene rings is 1. The topological polar surface area (TPSA) is 12.0 Å². The van der Waals surface area contributed by atoms with Crippen LogP contribution >= 0.6 is 22.6 Å². The van der Waals surface area contributed by atoms with Crippen molar-refractivity contribution in [1.82, 2.24) is 5.32 Å². The molecule has 1 rings (SSSR count). The van der Waals surface area contributed by atoms with Gasteiger partial charge in [-0.05, 0) is 59.5 Å². The fourth-order valence-corrected chi connectivity index (χ4v) is 3.06. The van der Waals surface area contributed by atoms with Crippen molar-refractivity contribution in [3.05, 3.63) is 32.9 Å². The molecule has 0 amide bonds. The maximum atomic E-state index is 3.65. The van der Waals surface area contributed by atoms with Crippen molar-refractivity contribution in [2.24, 2.45) is 5.92 Å². The Morgan fingerprint density at radius 2 is 2.00 bits per heavy atom. The lowest BCUT2D eigenvalue weighted by Gasteiger charge is -2.26. The molecule has 0 heterocycles. The van der Waals surface area contributed by atoms with Crippen LogP contribution in [0.5, 0.6) is 0 Å². The van der Waals surface area contributed by atoms with Gasteiger partial charge >= 0.3 is 0 Å².